The molecule has 20 heavy (non-hydrogen) atoms. The first-order valence-electron chi connectivity index (χ1n) is 6.75. The minimum absolute atomic E-state index is 0.143. The summed E-state index contributed by atoms with van der Waals surface area (Å²) in [5.74, 6) is -1.40. The Labute approximate surface area is 117 Å². The van der Waals surface area contributed by atoms with E-state index < -0.39 is 11.8 Å². The molecule has 0 radical (unpaired) electrons. The molecule has 0 amide bonds. The molecular formula is C14H18N2O4. The van der Waals surface area contributed by atoms with Gasteiger partial charge in [-0.05, 0) is 18.2 Å². The normalized spacial score (nSPS) is 21.3. The summed E-state index contributed by atoms with van der Waals surface area (Å²) < 4.78 is 11.4. The number of nitrogens with two attached hydrogens (primary N) is 1. The zero-order chi connectivity index (χ0) is 14.2. The minimum atomic E-state index is -1.00. The molecule has 0 atom stereocenters. The summed E-state index contributed by atoms with van der Waals surface area (Å²) in [4.78, 5) is 13.1. The molecular weight excluding hydrogens is 260 g/mol. The van der Waals surface area contributed by atoms with Gasteiger partial charge in [-0.3, -0.25) is 0 Å². The molecule has 2 saturated heterocycles. The summed E-state index contributed by atoms with van der Waals surface area (Å²) in [6.07, 6.45) is 1.63. The van der Waals surface area contributed by atoms with Crippen LogP contribution in [0.3, 0.4) is 0 Å². The summed E-state index contributed by atoms with van der Waals surface area (Å²) in [7, 11) is 0. The number of piperidine rings is 1. The number of ether oxygens (including phenoxy) is 2. The second kappa shape index (κ2) is 4.96. The molecule has 2 aliphatic rings. The van der Waals surface area contributed by atoms with Crippen molar-refractivity contribution in [2.75, 3.05) is 36.9 Å². The van der Waals surface area contributed by atoms with E-state index in [2.05, 4.69) is 4.90 Å². The van der Waals surface area contributed by atoms with Crippen LogP contribution < -0.4 is 10.6 Å². The highest BCUT2D eigenvalue weighted by molar-refractivity contribution is 5.94. The van der Waals surface area contributed by atoms with Gasteiger partial charge >= 0.3 is 5.97 Å². The molecule has 2 fully saturated rings. The molecule has 0 unspecified atom stereocenters. The maximum absolute atomic E-state index is 11.0. The largest absolute Gasteiger partial charge is 0.478 e. The van der Waals surface area contributed by atoms with Crippen molar-refractivity contribution >= 4 is 17.3 Å². The summed E-state index contributed by atoms with van der Waals surface area (Å²) >= 11 is 0. The van der Waals surface area contributed by atoms with Crippen LogP contribution in [0.4, 0.5) is 11.4 Å². The van der Waals surface area contributed by atoms with Crippen molar-refractivity contribution in [2.24, 2.45) is 0 Å². The molecule has 108 valence electrons. The highest BCUT2D eigenvalue weighted by atomic mass is 16.7. The number of hydrogen-bond acceptors (Lipinski definition) is 5. The molecule has 0 bridgehead atoms. The molecule has 1 spiro atoms. The Kier molecular flexibility index (Phi) is 3.27. The van der Waals surface area contributed by atoms with Crippen molar-refractivity contribution in [1.82, 2.24) is 0 Å². The number of rotatable bonds is 2. The number of nitrogens with zero attached hydrogens (tertiary/aromatic N) is 1. The predicted molar refractivity (Wildman–Crippen MR) is 73.9 cm³/mol. The highest BCUT2D eigenvalue weighted by Gasteiger charge is 2.39. The first-order valence-corrected chi connectivity index (χ1v) is 6.75. The molecule has 3 rings (SSSR count). The number of aromatic carboxylic acids is 1. The van der Waals surface area contributed by atoms with Gasteiger partial charge in [0.05, 0.1) is 18.8 Å². The highest BCUT2D eigenvalue weighted by Crippen LogP contribution is 2.33. The molecule has 1 aromatic carbocycles. The van der Waals surface area contributed by atoms with Crippen LogP contribution in [0, 0.1) is 0 Å². The summed E-state index contributed by atoms with van der Waals surface area (Å²) in [6.45, 7) is 2.96. The predicted octanol–water partition coefficient (Wildman–Crippen LogP) is 1.31. The van der Waals surface area contributed by atoms with Gasteiger partial charge in [0, 0.05) is 37.3 Å². The third-order valence-corrected chi connectivity index (χ3v) is 3.97. The maximum Gasteiger partial charge on any atom is 0.337 e. The third-order valence-electron chi connectivity index (χ3n) is 3.97. The first-order chi connectivity index (χ1) is 9.60. The lowest BCUT2D eigenvalue weighted by Gasteiger charge is -2.38. The lowest BCUT2D eigenvalue weighted by atomic mass is 10.0. The van der Waals surface area contributed by atoms with Crippen LogP contribution >= 0.6 is 0 Å². The van der Waals surface area contributed by atoms with Crippen LogP contribution in [0.5, 0.6) is 0 Å². The van der Waals surface area contributed by atoms with E-state index >= 15 is 0 Å². The molecule has 0 aliphatic carbocycles. The Morgan fingerprint density at radius 1 is 1.25 bits per heavy atom. The Bertz CT molecular complexity index is 516. The third kappa shape index (κ3) is 2.32. The fourth-order valence-electron chi connectivity index (χ4n) is 2.83. The van der Waals surface area contributed by atoms with Gasteiger partial charge in [-0.2, -0.15) is 0 Å². The smallest absolute Gasteiger partial charge is 0.337 e. The van der Waals surface area contributed by atoms with Gasteiger partial charge in [-0.25, -0.2) is 4.79 Å². The van der Waals surface area contributed by atoms with Crippen molar-refractivity contribution < 1.29 is 19.4 Å². The Balaban J connectivity index is 1.72. The van der Waals surface area contributed by atoms with Crippen LogP contribution in [0.25, 0.3) is 0 Å². The number of anilines is 2. The molecule has 3 N–H and O–H groups in total. The van der Waals surface area contributed by atoms with Gasteiger partial charge in [0.25, 0.3) is 0 Å². The van der Waals surface area contributed by atoms with E-state index in [4.69, 9.17) is 20.3 Å². The minimum Gasteiger partial charge on any atom is -0.478 e. The number of carboxylic acid groups (broad SMARTS) is 1. The Hall–Kier alpha value is -1.79. The lowest BCUT2D eigenvalue weighted by molar-refractivity contribution is -0.169. The van der Waals surface area contributed by atoms with Crippen molar-refractivity contribution in [3.05, 3.63) is 23.8 Å². The molecule has 6 heteroatoms. The second-order valence-corrected chi connectivity index (χ2v) is 5.17. The van der Waals surface area contributed by atoms with E-state index in [1.807, 2.05) is 0 Å². The second-order valence-electron chi connectivity index (χ2n) is 5.17. The van der Waals surface area contributed by atoms with Crippen molar-refractivity contribution in [2.45, 2.75) is 18.6 Å². The van der Waals surface area contributed by atoms with Gasteiger partial charge in [-0.15, -0.1) is 0 Å². The fraction of sp³-hybridized carbons (Fsp3) is 0.500. The van der Waals surface area contributed by atoms with Gasteiger partial charge in [0.1, 0.15) is 0 Å². The van der Waals surface area contributed by atoms with Gasteiger partial charge in [0.15, 0.2) is 5.79 Å². The fourth-order valence-corrected chi connectivity index (χ4v) is 2.83. The van der Waals surface area contributed by atoms with E-state index in [-0.39, 0.29) is 5.56 Å². The number of benzene rings is 1. The Morgan fingerprint density at radius 3 is 2.45 bits per heavy atom. The van der Waals surface area contributed by atoms with E-state index in [0.717, 1.165) is 31.6 Å². The zero-order valence-electron chi connectivity index (χ0n) is 11.2. The van der Waals surface area contributed by atoms with Crippen molar-refractivity contribution in [3.8, 4) is 0 Å². The number of nitrogen functional groups attached to an aromatic ring is 1. The SMILES string of the molecule is Nc1cc(N2CCC3(CC2)OCCO3)ccc1C(=O)O. The van der Waals surface area contributed by atoms with E-state index in [1.54, 1.807) is 18.2 Å². The number of carboxylic acids is 1. The number of carbonyl (C=O) groups is 1. The van der Waals surface area contributed by atoms with Crippen LogP contribution in [0.2, 0.25) is 0 Å². The lowest BCUT2D eigenvalue weighted by Crippen LogP contribution is -2.45. The van der Waals surface area contributed by atoms with Gasteiger partial charge < -0.3 is 25.2 Å². The van der Waals surface area contributed by atoms with E-state index in [1.165, 1.54) is 0 Å². The first kappa shape index (κ1) is 13.2. The average molecular weight is 278 g/mol. The number of hydrogen-bond donors (Lipinski definition) is 2. The quantitative estimate of drug-likeness (QED) is 0.793. The van der Waals surface area contributed by atoms with E-state index in [9.17, 15) is 4.79 Å². The molecule has 2 aliphatic heterocycles. The molecule has 1 aromatic rings. The van der Waals surface area contributed by atoms with Gasteiger partial charge in [0.2, 0.25) is 0 Å². The van der Waals surface area contributed by atoms with E-state index in [0.29, 0.717) is 18.9 Å². The monoisotopic (exact) mass is 278 g/mol. The molecule has 0 saturated carbocycles. The van der Waals surface area contributed by atoms with Crippen molar-refractivity contribution in [1.29, 1.82) is 0 Å². The summed E-state index contributed by atoms with van der Waals surface area (Å²) in [5.41, 5.74) is 7.17. The standard InChI is InChI=1S/C14H18N2O4/c15-12-9-10(1-2-11(12)13(17)18)16-5-3-14(4-6-16)19-7-8-20-14/h1-2,9H,3-8,15H2,(H,17,18). The molecule has 6 nitrogen and oxygen atoms in total. The Morgan fingerprint density at radius 2 is 1.90 bits per heavy atom. The van der Waals surface area contributed by atoms with Crippen LogP contribution in [-0.4, -0.2) is 43.2 Å². The van der Waals surface area contributed by atoms with Crippen LogP contribution in [-0.2, 0) is 9.47 Å². The van der Waals surface area contributed by atoms with Crippen LogP contribution in [0.15, 0.2) is 18.2 Å². The zero-order valence-corrected chi connectivity index (χ0v) is 11.2. The van der Waals surface area contributed by atoms with Crippen molar-refractivity contribution in [3.63, 3.8) is 0 Å². The maximum atomic E-state index is 11.0. The molecule has 0 aromatic heterocycles. The topological polar surface area (TPSA) is 85.0 Å². The van der Waals surface area contributed by atoms with Crippen LogP contribution in [0.1, 0.15) is 23.2 Å². The molecule has 2 heterocycles. The summed E-state index contributed by atoms with van der Waals surface area (Å²) in [5, 5.41) is 8.98. The summed E-state index contributed by atoms with van der Waals surface area (Å²) in [6, 6.07) is 5.08. The average Bonchev–Trinajstić information content (AvgIpc) is 2.87. The van der Waals surface area contributed by atoms with Gasteiger partial charge in [-0.1, -0.05) is 0 Å².